The first-order valence-corrected chi connectivity index (χ1v) is 28.1. The first-order chi connectivity index (χ1) is 28.6. The Bertz CT molecular complexity index is 3380. The second-order valence-corrected chi connectivity index (χ2v) is 29.1. The summed E-state index contributed by atoms with van der Waals surface area (Å²) < 4.78 is 5.34. The van der Waals surface area contributed by atoms with Crippen molar-refractivity contribution < 1.29 is 0 Å². The summed E-state index contributed by atoms with van der Waals surface area (Å²) in [6.45, 7) is 15.0. The molecule has 4 heterocycles. The molecule has 2 aromatic heterocycles. The lowest BCUT2D eigenvalue weighted by molar-refractivity contribution is 1.12. The van der Waals surface area contributed by atoms with Gasteiger partial charge in [0.1, 0.15) is 0 Å². The van der Waals surface area contributed by atoms with Crippen LogP contribution >= 0.6 is 0 Å². The minimum absolute atomic E-state index is 0.0418. The Morgan fingerprint density at radius 1 is 0.407 bits per heavy atom. The molecule has 0 saturated heterocycles. The van der Waals surface area contributed by atoms with Crippen LogP contribution in [0.15, 0.2) is 164 Å². The van der Waals surface area contributed by atoms with Crippen molar-refractivity contribution in [2.24, 2.45) is 0 Å². The Hall–Kier alpha value is -6.14. The van der Waals surface area contributed by atoms with Gasteiger partial charge in [-0.2, -0.15) is 0 Å². The Morgan fingerprint density at radius 3 is 1.68 bits per heavy atom. The molecule has 12 rings (SSSR count). The predicted octanol–water partition coefficient (Wildman–Crippen LogP) is 11.1. The molecule has 8 aromatic carbocycles. The normalized spacial score (nSPS) is 13.2. The molecule has 0 N–H and O–H groups in total. The van der Waals surface area contributed by atoms with Gasteiger partial charge in [0.15, 0.2) is 0 Å². The summed E-state index contributed by atoms with van der Waals surface area (Å²) in [7, 11) is -3.38. The van der Waals surface area contributed by atoms with Gasteiger partial charge in [0.05, 0.1) is 32.9 Å². The SMILES string of the molecule is C[Si](C)(C)c1ccc2c(c1)c1cc([Si](C)(C)C)cc3c1n2-c1cc(-c2ccccc2)cc2c1B3c1c3ccccc3cc3c(-c4ccccc4)c(-c4ccccc4)n-2c13. The lowest BCUT2D eigenvalue weighted by Crippen LogP contribution is -2.60. The Kier molecular flexibility index (Phi) is 7.21. The van der Waals surface area contributed by atoms with Crippen LogP contribution in [0.3, 0.4) is 0 Å². The van der Waals surface area contributed by atoms with Crippen LogP contribution in [-0.4, -0.2) is 32.0 Å². The third kappa shape index (κ3) is 4.92. The van der Waals surface area contributed by atoms with Crippen LogP contribution in [0.1, 0.15) is 0 Å². The number of hydrogen-bond acceptors (Lipinski definition) is 0. The Morgan fingerprint density at radius 2 is 1.00 bits per heavy atom. The van der Waals surface area contributed by atoms with E-state index >= 15 is 0 Å². The van der Waals surface area contributed by atoms with E-state index in [1.165, 1.54) is 115 Å². The molecule has 0 unspecified atom stereocenters. The highest BCUT2D eigenvalue weighted by atomic mass is 28.3. The zero-order valence-corrected chi connectivity index (χ0v) is 36.6. The van der Waals surface area contributed by atoms with Gasteiger partial charge in [0.2, 0.25) is 0 Å². The standard InChI is InChI=1S/C54H45BN2Si2/c1-58(2,3)39-26-27-46-42(31-39)43-32-40(59(4,5)6)33-45-53(43)56(46)47-29-38(34-18-10-7-11-19-34)30-48-51(47)55(45)50-41-25-17-16-24-37(41)28-44-49(35-20-12-8-13-21-35)52(57(48)54(44)50)36-22-14-9-15-23-36/h7-33H,1-6H3. The Balaban J connectivity index is 1.36. The van der Waals surface area contributed by atoms with Crippen LogP contribution in [0.25, 0.3) is 88.4 Å². The van der Waals surface area contributed by atoms with Crippen molar-refractivity contribution in [3.63, 3.8) is 0 Å². The van der Waals surface area contributed by atoms with Crippen molar-refractivity contribution in [1.82, 2.24) is 9.13 Å². The van der Waals surface area contributed by atoms with Crippen molar-refractivity contribution >= 4 is 93.1 Å². The van der Waals surface area contributed by atoms with Gasteiger partial charge in [-0.25, -0.2) is 0 Å². The molecule has 0 saturated carbocycles. The molecule has 0 spiro atoms. The summed E-state index contributed by atoms with van der Waals surface area (Å²) >= 11 is 0. The number of aromatic nitrogens is 2. The first kappa shape index (κ1) is 34.9. The third-order valence-electron chi connectivity index (χ3n) is 13.4. The molecule has 59 heavy (non-hydrogen) atoms. The van der Waals surface area contributed by atoms with E-state index in [1.807, 2.05) is 0 Å². The maximum atomic E-state index is 2.68. The summed E-state index contributed by atoms with van der Waals surface area (Å²) in [4.78, 5) is 0. The van der Waals surface area contributed by atoms with Crippen LogP contribution in [0.5, 0.6) is 0 Å². The molecule has 0 radical (unpaired) electrons. The molecule has 0 amide bonds. The fourth-order valence-electron chi connectivity index (χ4n) is 10.5. The highest BCUT2D eigenvalue weighted by Gasteiger charge is 2.44. The van der Waals surface area contributed by atoms with Gasteiger partial charge in [0.25, 0.3) is 6.71 Å². The number of benzene rings is 8. The quantitative estimate of drug-likeness (QED) is 0.154. The molecule has 5 heteroatoms. The van der Waals surface area contributed by atoms with Gasteiger partial charge in [-0.05, 0) is 73.7 Å². The van der Waals surface area contributed by atoms with E-state index in [1.54, 1.807) is 0 Å². The maximum absolute atomic E-state index is 2.68. The zero-order valence-electron chi connectivity index (χ0n) is 34.6. The van der Waals surface area contributed by atoms with Gasteiger partial charge in [-0.3, -0.25) is 0 Å². The summed E-state index contributed by atoms with van der Waals surface area (Å²) in [6, 6.07) is 62.7. The highest BCUT2D eigenvalue weighted by molar-refractivity contribution is 7.02. The molecular formula is C54H45BN2Si2. The van der Waals surface area contributed by atoms with Gasteiger partial charge < -0.3 is 9.13 Å². The minimum Gasteiger partial charge on any atom is -0.310 e. The average molecular weight is 789 g/mol. The van der Waals surface area contributed by atoms with Gasteiger partial charge >= 0.3 is 0 Å². The third-order valence-corrected chi connectivity index (χ3v) is 17.4. The number of hydrogen-bond donors (Lipinski definition) is 0. The second kappa shape index (κ2) is 12.2. The highest BCUT2D eigenvalue weighted by Crippen LogP contribution is 2.47. The van der Waals surface area contributed by atoms with E-state index in [-0.39, 0.29) is 6.71 Å². The van der Waals surface area contributed by atoms with Crippen molar-refractivity contribution in [2.45, 2.75) is 39.3 Å². The van der Waals surface area contributed by atoms with Crippen LogP contribution in [-0.2, 0) is 0 Å². The van der Waals surface area contributed by atoms with E-state index in [0.29, 0.717) is 0 Å². The summed E-state index contributed by atoms with van der Waals surface area (Å²) in [5, 5.41) is 9.76. The molecular weight excluding hydrogens is 744 g/mol. The summed E-state index contributed by atoms with van der Waals surface area (Å²) in [5.41, 5.74) is 18.3. The largest absolute Gasteiger partial charge is 0.310 e. The van der Waals surface area contributed by atoms with Crippen LogP contribution in [0, 0.1) is 0 Å². The predicted molar refractivity (Wildman–Crippen MR) is 262 cm³/mol. The summed E-state index contributed by atoms with van der Waals surface area (Å²) in [5.74, 6) is 0. The molecule has 10 aromatic rings. The molecule has 0 atom stereocenters. The lowest BCUT2D eigenvalue weighted by atomic mass is 9.33. The van der Waals surface area contributed by atoms with Crippen molar-refractivity contribution in [3.8, 4) is 44.9 Å². The topological polar surface area (TPSA) is 9.86 Å². The van der Waals surface area contributed by atoms with Crippen LogP contribution < -0.4 is 26.8 Å². The van der Waals surface area contributed by atoms with E-state index in [4.69, 9.17) is 0 Å². The minimum atomic E-state index is -1.77. The van der Waals surface area contributed by atoms with E-state index < -0.39 is 16.1 Å². The van der Waals surface area contributed by atoms with E-state index in [2.05, 4.69) is 212 Å². The molecule has 0 bridgehead atoms. The fourth-order valence-corrected chi connectivity index (χ4v) is 12.9. The smallest absolute Gasteiger partial charge is 0.253 e. The van der Waals surface area contributed by atoms with Crippen LogP contribution in [0.2, 0.25) is 39.3 Å². The van der Waals surface area contributed by atoms with Gasteiger partial charge in [0, 0.05) is 38.6 Å². The zero-order chi connectivity index (χ0) is 39.9. The number of rotatable bonds is 5. The molecule has 0 aliphatic carbocycles. The lowest BCUT2D eigenvalue weighted by Gasteiger charge is -2.36. The number of fused-ring (bicyclic) bond motifs is 9. The molecule has 2 aliphatic rings. The second-order valence-electron chi connectivity index (χ2n) is 19.0. The molecule has 2 nitrogen and oxygen atoms in total. The summed E-state index contributed by atoms with van der Waals surface area (Å²) in [6.07, 6.45) is 0. The van der Waals surface area contributed by atoms with E-state index in [9.17, 15) is 0 Å². The molecule has 2 aliphatic heterocycles. The van der Waals surface area contributed by atoms with Gasteiger partial charge in [-0.15, -0.1) is 0 Å². The average Bonchev–Trinajstić information content (AvgIpc) is 3.77. The van der Waals surface area contributed by atoms with Gasteiger partial charge in [-0.1, -0.05) is 189 Å². The van der Waals surface area contributed by atoms with Crippen molar-refractivity contribution in [1.29, 1.82) is 0 Å². The first-order valence-electron chi connectivity index (χ1n) is 21.1. The maximum Gasteiger partial charge on any atom is 0.253 e. The van der Waals surface area contributed by atoms with E-state index in [0.717, 1.165) is 0 Å². The molecule has 0 fully saturated rings. The fraction of sp³-hybridized carbons (Fsp3) is 0.111. The monoisotopic (exact) mass is 788 g/mol. The molecule has 282 valence electrons. The van der Waals surface area contributed by atoms with Crippen molar-refractivity contribution in [3.05, 3.63) is 164 Å². The Labute approximate surface area is 348 Å². The van der Waals surface area contributed by atoms with Crippen molar-refractivity contribution in [2.75, 3.05) is 0 Å². The van der Waals surface area contributed by atoms with Crippen LogP contribution in [0.4, 0.5) is 0 Å². The number of nitrogens with zero attached hydrogens (tertiary/aromatic N) is 2.